The van der Waals surface area contributed by atoms with Crippen molar-refractivity contribution in [1.82, 2.24) is 9.78 Å². The number of nitrogens with zero attached hydrogens (tertiary/aromatic N) is 3. The van der Waals surface area contributed by atoms with E-state index in [9.17, 15) is 19.7 Å². The molecule has 8 nitrogen and oxygen atoms in total. The number of aryl methyl sites for hydroxylation is 1. The zero-order chi connectivity index (χ0) is 21.3. The molecule has 0 saturated carbocycles. The van der Waals surface area contributed by atoms with Gasteiger partial charge in [-0.05, 0) is 25.1 Å². The molecule has 30 heavy (non-hydrogen) atoms. The van der Waals surface area contributed by atoms with E-state index in [0.29, 0.717) is 17.5 Å². The molecule has 2 aromatic carbocycles. The zero-order valence-corrected chi connectivity index (χ0v) is 15.8. The minimum Gasteiger partial charge on any atom is -0.399 e. The molecule has 0 atom stereocenters. The number of nitro groups is 1. The molecule has 0 saturated heterocycles. The summed E-state index contributed by atoms with van der Waals surface area (Å²) in [7, 11) is 0. The zero-order valence-electron chi connectivity index (χ0n) is 15.8. The number of ketones is 1. The van der Waals surface area contributed by atoms with Crippen molar-refractivity contribution in [2.45, 2.75) is 6.92 Å². The van der Waals surface area contributed by atoms with Crippen LogP contribution in [-0.4, -0.2) is 26.8 Å². The summed E-state index contributed by atoms with van der Waals surface area (Å²) in [6.45, 7) is 1.92. The molecule has 0 radical (unpaired) electrons. The summed E-state index contributed by atoms with van der Waals surface area (Å²) in [6.07, 6.45) is 0.546. The lowest BCUT2D eigenvalue weighted by molar-refractivity contribution is -0.401. The summed E-state index contributed by atoms with van der Waals surface area (Å²) in [5, 5.41) is 15.4. The number of aldehydes is 1. The second-order valence-electron chi connectivity index (χ2n) is 6.56. The second-order valence-corrected chi connectivity index (χ2v) is 6.56. The topological polar surface area (TPSA) is 108 Å². The van der Waals surface area contributed by atoms with Gasteiger partial charge in [-0.25, -0.2) is 4.68 Å². The highest BCUT2D eigenvalue weighted by molar-refractivity contribution is 6.15. The van der Waals surface area contributed by atoms with E-state index in [1.54, 1.807) is 42.5 Å². The number of hydrogen-bond donors (Lipinski definition) is 0. The Balaban J connectivity index is 1.97. The summed E-state index contributed by atoms with van der Waals surface area (Å²) in [5.74, 6) is -0.902. The predicted molar refractivity (Wildman–Crippen MR) is 108 cm³/mol. The summed E-state index contributed by atoms with van der Waals surface area (Å²) < 4.78 is 6.62. The van der Waals surface area contributed by atoms with Crippen molar-refractivity contribution < 1.29 is 18.9 Å². The SMILES string of the molecule is Cc1ccc(-n2nc(-c3ccc([N+](=O)[O-])o3)c(C(=O)c3ccccc3)c2C=O)cc1. The average molecular weight is 401 g/mol. The van der Waals surface area contributed by atoms with Crippen molar-refractivity contribution in [2.75, 3.05) is 0 Å². The first-order chi connectivity index (χ1) is 14.5. The van der Waals surface area contributed by atoms with Crippen LogP contribution >= 0.6 is 0 Å². The summed E-state index contributed by atoms with van der Waals surface area (Å²) in [4.78, 5) is 35.7. The lowest BCUT2D eigenvalue weighted by Crippen LogP contribution is -2.07. The first-order valence-corrected chi connectivity index (χ1v) is 8.99. The fraction of sp³-hybridized carbons (Fsp3) is 0.0455. The third-order valence-electron chi connectivity index (χ3n) is 4.58. The molecule has 8 heteroatoms. The van der Waals surface area contributed by atoms with Gasteiger partial charge in [0.2, 0.25) is 0 Å². The molecular formula is C22H15N3O5. The third kappa shape index (κ3) is 3.30. The Morgan fingerprint density at radius 2 is 1.77 bits per heavy atom. The van der Waals surface area contributed by atoms with Gasteiger partial charge in [0.15, 0.2) is 17.8 Å². The van der Waals surface area contributed by atoms with Crippen LogP contribution in [0.25, 0.3) is 17.1 Å². The second kappa shape index (κ2) is 7.59. The number of benzene rings is 2. The fourth-order valence-electron chi connectivity index (χ4n) is 3.11. The van der Waals surface area contributed by atoms with Crippen LogP contribution in [0.2, 0.25) is 0 Å². The molecule has 0 aliphatic carbocycles. The Morgan fingerprint density at radius 3 is 2.37 bits per heavy atom. The minimum atomic E-state index is -0.681. The van der Waals surface area contributed by atoms with Crippen LogP contribution in [0.3, 0.4) is 0 Å². The van der Waals surface area contributed by atoms with E-state index in [2.05, 4.69) is 5.10 Å². The van der Waals surface area contributed by atoms with Crippen molar-refractivity contribution in [3.8, 4) is 17.1 Å². The molecular weight excluding hydrogens is 386 g/mol. The molecule has 0 bridgehead atoms. The van der Waals surface area contributed by atoms with Crippen LogP contribution < -0.4 is 0 Å². The van der Waals surface area contributed by atoms with Gasteiger partial charge < -0.3 is 4.42 Å². The summed E-state index contributed by atoms with van der Waals surface area (Å²) in [5.41, 5.74) is 2.03. The van der Waals surface area contributed by atoms with E-state index in [4.69, 9.17) is 4.42 Å². The van der Waals surface area contributed by atoms with Gasteiger partial charge in [-0.1, -0.05) is 48.0 Å². The normalized spacial score (nSPS) is 10.7. The van der Waals surface area contributed by atoms with E-state index in [1.807, 2.05) is 19.1 Å². The van der Waals surface area contributed by atoms with Crippen LogP contribution in [0.5, 0.6) is 0 Å². The van der Waals surface area contributed by atoms with E-state index >= 15 is 0 Å². The Bertz CT molecular complexity index is 1250. The van der Waals surface area contributed by atoms with E-state index in [-0.39, 0.29) is 22.7 Å². The number of furan rings is 1. The number of carbonyl (C=O) groups is 2. The number of aromatic nitrogens is 2. The largest absolute Gasteiger partial charge is 0.433 e. The lowest BCUT2D eigenvalue weighted by Gasteiger charge is -2.05. The van der Waals surface area contributed by atoms with Crippen LogP contribution in [-0.2, 0) is 0 Å². The van der Waals surface area contributed by atoms with Crippen molar-refractivity contribution in [3.63, 3.8) is 0 Å². The molecule has 0 amide bonds. The molecule has 0 N–H and O–H groups in total. The third-order valence-corrected chi connectivity index (χ3v) is 4.58. The van der Waals surface area contributed by atoms with E-state index < -0.39 is 16.6 Å². The Kier molecular flexibility index (Phi) is 4.81. The molecule has 2 heterocycles. The summed E-state index contributed by atoms with van der Waals surface area (Å²) >= 11 is 0. The Morgan fingerprint density at radius 1 is 1.07 bits per heavy atom. The van der Waals surface area contributed by atoms with Gasteiger partial charge >= 0.3 is 5.88 Å². The van der Waals surface area contributed by atoms with Crippen molar-refractivity contribution >= 4 is 18.0 Å². The minimum absolute atomic E-state index is 0.0148. The molecule has 0 aliphatic heterocycles. The van der Waals surface area contributed by atoms with Gasteiger partial charge in [-0.2, -0.15) is 5.10 Å². The molecule has 0 spiro atoms. The molecule has 148 valence electrons. The van der Waals surface area contributed by atoms with Crippen LogP contribution in [0.1, 0.15) is 32.0 Å². The number of rotatable bonds is 6. The lowest BCUT2D eigenvalue weighted by atomic mass is 10.0. The number of carbonyl (C=O) groups excluding carboxylic acids is 2. The summed E-state index contributed by atoms with van der Waals surface area (Å²) in [6, 6.07) is 18.2. The highest BCUT2D eigenvalue weighted by Crippen LogP contribution is 2.32. The Hall–Kier alpha value is -4.33. The van der Waals surface area contributed by atoms with Gasteiger partial charge in [0.1, 0.15) is 16.3 Å². The first kappa shape index (κ1) is 19.0. The number of hydrogen-bond acceptors (Lipinski definition) is 6. The fourth-order valence-corrected chi connectivity index (χ4v) is 3.11. The molecule has 4 rings (SSSR count). The molecule has 4 aromatic rings. The maximum absolute atomic E-state index is 13.3. The monoisotopic (exact) mass is 401 g/mol. The van der Waals surface area contributed by atoms with Crippen molar-refractivity contribution in [1.29, 1.82) is 0 Å². The van der Waals surface area contributed by atoms with Crippen LogP contribution in [0, 0.1) is 17.0 Å². The predicted octanol–water partition coefficient (Wildman–Crippen LogP) is 4.39. The van der Waals surface area contributed by atoms with Gasteiger partial charge in [-0.3, -0.25) is 19.7 Å². The van der Waals surface area contributed by atoms with E-state index in [0.717, 1.165) is 5.56 Å². The van der Waals surface area contributed by atoms with Gasteiger partial charge in [-0.15, -0.1) is 0 Å². The molecule has 0 fully saturated rings. The highest BCUT2D eigenvalue weighted by Gasteiger charge is 2.29. The van der Waals surface area contributed by atoms with Crippen LogP contribution in [0.4, 0.5) is 5.88 Å². The molecule has 0 aliphatic rings. The maximum Gasteiger partial charge on any atom is 0.433 e. The quantitative estimate of drug-likeness (QED) is 0.205. The average Bonchev–Trinajstić information content (AvgIpc) is 3.39. The van der Waals surface area contributed by atoms with Gasteiger partial charge in [0.05, 0.1) is 17.3 Å². The van der Waals surface area contributed by atoms with E-state index in [1.165, 1.54) is 16.8 Å². The maximum atomic E-state index is 13.3. The molecule has 2 aromatic heterocycles. The van der Waals surface area contributed by atoms with Crippen molar-refractivity contribution in [3.05, 3.63) is 99.2 Å². The standard InChI is InChI=1S/C22H15N3O5/c1-14-7-9-16(10-8-14)24-17(13-26)20(22(27)15-5-3-2-4-6-15)21(23-24)18-11-12-19(30-18)25(28)29/h2-13H,1H3. The smallest absolute Gasteiger partial charge is 0.399 e. The van der Waals surface area contributed by atoms with Gasteiger partial charge in [0, 0.05) is 5.56 Å². The van der Waals surface area contributed by atoms with Gasteiger partial charge in [0.25, 0.3) is 0 Å². The first-order valence-electron chi connectivity index (χ1n) is 8.99. The highest BCUT2D eigenvalue weighted by atomic mass is 16.6. The van der Waals surface area contributed by atoms with Crippen molar-refractivity contribution in [2.24, 2.45) is 0 Å². The van der Waals surface area contributed by atoms with Crippen LogP contribution in [0.15, 0.2) is 71.1 Å². The molecule has 0 unspecified atom stereocenters. The Labute approximate surface area is 170 Å².